The molecule has 1 N–H and O–H groups in total. The van der Waals surface area contributed by atoms with Crippen molar-refractivity contribution >= 4 is 32.4 Å². The van der Waals surface area contributed by atoms with Gasteiger partial charge in [0.1, 0.15) is 5.75 Å². The molecule has 1 aliphatic heterocycles. The summed E-state index contributed by atoms with van der Waals surface area (Å²) in [6.07, 6.45) is 0.684. The van der Waals surface area contributed by atoms with Gasteiger partial charge in [0.2, 0.25) is 5.91 Å². The Morgan fingerprint density at radius 1 is 1.07 bits per heavy atom. The normalized spacial score (nSPS) is 15.2. The van der Waals surface area contributed by atoms with Crippen LogP contribution in [0.3, 0.4) is 0 Å². The van der Waals surface area contributed by atoms with Crippen LogP contribution >= 0.6 is 0 Å². The smallest absolute Gasteiger partial charge is 0.265 e. The first-order valence-corrected chi connectivity index (χ1v) is 11.3. The average Bonchev–Trinajstić information content (AvgIpc) is 2.97. The number of benzene rings is 3. The van der Waals surface area contributed by atoms with Gasteiger partial charge in [0.25, 0.3) is 10.0 Å². The van der Waals surface area contributed by atoms with E-state index >= 15 is 0 Å². The molecule has 3 aromatic rings. The van der Waals surface area contributed by atoms with Crippen LogP contribution in [0, 0.1) is 0 Å². The first-order valence-electron chi connectivity index (χ1n) is 9.89. The zero-order valence-corrected chi connectivity index (χ0v) is 17.8. The predicted molar refractivity (Wildman–Crippen MR) is 117 cm³/mol. The van der Waals surface area contributed by atoms with E-state index in [0.717, 1.165) is 22.1 Å². The van der Waals surface area contributed by atoms with E-state index in [4.69, 9.17) is 4.74 Å². The van der Waals surface area contributed by atoms with Gasteiger partial charge in [0.15, 0.2) is 0 Å². The minimum absolute atomic E-state index is 0.106. The zero-order chi connectivity index (χ0) is 21.3. The van der Waals surface area contributed by atoms with Crippen molar-refractivity contribution in [1.82, 2.24) is 5.32 Å². The van der Waals surface area contributed by atoms with Crippen molar-refractivity contribution < 1.29 is 17.9 Å². The summed E-state index contributed by atoms with van der Waals surface area (Å²) >= 11 is 0. The Morgan fingerprint density at radius 3 is 2.47 bits per heavy atom. The lowest BCUT2D eigenvalue weighted by Gasteiger charge is -2.19. The summed E-state index contributed by atoms with van der Waals surface area (Å²) < 4.78 is 32.5. The number of hydrogen-bond donors (Lipinski definition) is 1. The molecule has 0 aliphatic carbocycles. The third-order valence-electron chi connectivity index (χ3n) is 5.44. The molecule has 0 spiro atoms. The monoisotopic (exact) mass is 424 g/mol. The van der Waals surface area contributed by atoms with Gasteiger partial charge in [-0.1, -0.05) is 36.4 Å². The lowest BCUT2D eigenvalue weighted by Crippen LogP contribution is -2.30. The number of amides is 1. The third kappa shape index (κ3) is 3.61. The molecule has 30 heavy (non-hydrogen) atoms. The van der Waals surface area contributed by atoms with E-state index < -0.39 is 10.0 Å². The van der Waals surface area contributed by atoms with Gasteiger partial charge in [-0.05, 0) is 48.6 Å². The highest BCUT2D eigenvalue weighted by atomic mass is 32.2. The summed E-state index contributed by atoms with van der Waals surface area (Å²) in [5, 5.41) is 4.64. The molecule has 1 amide bonds. The van der Waals surface area contributed by atoms with Gasteiger partial charge in [-0.2, -0.15) is 0 Å². The van der Waals surface area contributed by atoms with Crippen LogP contribution in [0.4, 0.5) is 5.69 Å². The van der Waals surface area contributed by atoms with Crippen LogP contribution in [0.1, 0.15) is 31.4 Å². The van der Waals surface area contributed by atoms with Crippen molar-refractivity contribution in [3.8, 4) is 5.75 Å². The Balaban J connectivity index is 1.38. The molecule has 3 aromatic carbocycles. The van der Waals surface area contributed by atoms with E-state index in [9.17, 15) is 13.2 Å². The summed E-state index contributed by atoms with van der Waals surface area (Å²) in [5.74, 6) is 0.658. The Bertz CT molecular complexity index is 1180. The molecule has 0 saturated heterocycles. The van der Waals surface area contributed by atoms with Crippen LogP contribution < -0.4 is 14.4 Å². The molecule has 1 heterocycles. The molecule has 0 unspecified atom stereocenters. The van der Waals surface area contributed by atoms with Gasteiger partial charge < -0.3 is 10.1 Å². The SMILES string of the molecule is COc1ccc([C@@H](C)NC(=O)CCCN2c3cccc4cccc(c34)S2(=O)=O)cc1. The fraction of sp³-hybridized carbons (Fsp3) is 0.261. The molecule has 1 atom stereocenters. The van der Waals surface area contributed by atoms with Gasteiger partial charge in [0, 0.05) is 18.4 Å². The second-order valence-corrected chi connectivity index (χ2v) is 9.21. The molecule has 0 radical (unpaired) electrons. The molecular formula is C23H24N2O4S. The van der Waals surface area contributed by atoms with Gasteiger partial charge in [-0.3, -0.25) is 9.10 Å². The van der Waals surface area contributed by atoms with E-state index in [2.05, 4.69) is 5.32 Å². The highest BCUT2D eigenvalue weighted by Gasteiger charge is 2.35. The quantitative estimate of drug-likeness (QED) is 0.622. The van der Waals surface area contributed by atoms with E-state index in [1.165, 1.54) is 4.31 Å². The van der Waals surface area contributed by atoms with Crippen molar-refractivity contribution in [3.05, 3.63) is 66.2 Å². The summed E-state index contributed by atoms with van der Waals surface area (Å²) in [6, 6.07) is 18.3. The highest BCUT2D eigenvalue weighted by Crippen LogP contribution is 2.41. The number of carbonyl (C=O) groups is 1. The van der Waals surface area contributed by atoms with Gasteiger partial charge in [-0.25, -0.2) is 8.42 Å². The minimum atomic E-state index is -3.58. The fourth-order valence-corrected chi connectivity index (χ4v) is 5.62. The van der Waals surface area contributed by atoms with E-state index in [0.29, 0.717) is 17.0 Å². The van der Waals surface area contributed by atoms with Crippen LogP contribution in [0.2, 0.25) is 0 Å². The highest BCUT2D eigenvalue weighted by molar-refractivity contribution is 7.93. The van der Waals surface area contributed by atoms with Gasteiger partial charge in [0.05, 0.1) is 23.7 Å². The summed E-state index contributed by atoms with van der Waals surface area (Å²) in [6.45, 7) is 2.18. The van der Waals surface area contributed by atoms with Gasteiger partial charge >= 0.3 is 0 Å². The lowest BCUT2D eigenvalue weighted by molar-refractivity contribution is -0.121. The number of nitrogens with zero attached hydrogens (tertiary/aromatic N) is 1. The average molecular weight is 425 g/mol. The van der Waals surface area contributed by atoms with Crippen molar-refractivity contribution in [2.75, 3.05) is 18.0 Å². The van der Waals surface area contributed by atoms with E-state index in [1.54, 1.807) is 19.2 Å². The van der Waals surface area contributed by atoms with E-state index in [1.807, 2.05) is 55.5 Å². The third-order valence-corrected chi connectivity index (χ3v) is 7.30. The number of sulfonamides is 1. The zero-order valence-electron chi connectivity index (χ0n) is 17.0. The molecule has 0 fully saturated rings. The summed E-state index contributed by atoms with van der Waals surface area (Å²) in [7, 11) is -1.97. The number of carbonyl (C=O) groups excluding carboxylic acids is 1. The van der Waals surface area contributed by atoms with Crippen LogP contribution in [-0.4, -0.2) is 28.0 Å². The summed E-state index contributed by atoms with van der Waals surface area (Å²) in [4.78, 5) is 12.7. The number of anilines is 1. The minimum Gasteiger partial charge on any atom is -0.497 e. The second-order valence-electron chi connectivity index (χ2n) is 7.37. The largest absolute Gasteiger partial charge is 0.497 e. The number of hydrogen-bond acceptors (Lipinski definition) is 4. The molecule has 4 rings (SSSR count). The Labute approximate surface area is 176 Å². The molecule has 6 nitrogen and oxygen atoms in total. The number of methoxy groups -OCH3 is 1. The molecular weight excluding hydrogens is 400 g/mol. The molecule has 0 aromatic heterocycles. The second kappa shape index (κ2) is 7.99. The molecule has 1 aliphatic rings. The molecule has 7 heteroatoms. The van der Waals surface area contributed by atoms with Crippen LogP contribution in [-0.2, 0) is 14.8 Å². The Morgan fingerprint density at radius 2 is 1.77 bits per heavy atom. The standard InChI is InChI=1S/C23H24N2O4S/c1-16(17-11-13-19(29-2)14-12-17)24-22(26)10-5-15-25-20-8-3-6-18-7-4-9-21(23(18)20)30(25,27)28/h3-4,6-9,11-14,16H,5,10,15H2,1-2H3,(H,24,26)/t16-/m1/s1. The number of ether oxygens (including phenoxy) is 1. The molecule has 0 saturated carbocycles. The Kier molecular flexibility index (Phi) is 5.39. The maximum absolute atomic E-state index is 13.0. The Hall–Kier alpha value is -3.06. The van der Waals surface area contributed by atoms with Gasteiger partial charge in [-0.15, -0.1) is 0 Å². The van der Waals surface area contributed by atoms with Crippen LogP contribution in [0.15, 0.2) is 65.6 Å². The first kappa shape index (κ1) is 20.2. The van der Waals surface area contributed by atoms with Crippen molar-refractivity contribution in [2.45, 2.75) is 30.7 Å². The number of nitrogens with one attached hydrogen (secondary N) is 1. The van der Waals surface area contributed by atoms with Crippen molar-refractivity contribution in [2.24, 2.45) is 0 Å². The first-order chi connectivity index (χ1) is 14.4. The van der Waals surface area contributed by atoms with Crippen molar-refractivity contribution in [3.63, 3.8) is 0 Å². The number of rotatable bonds is 7. The van der Waals surface area contributed by atoms with Crippen LogP contribution in [0.5, 0.6) is 5.75 Å². The fourth-order valence-electron chi connectivity index (χ4n) is 3.87. The molecule has 156 valence electrons. The maximum Gasteiger partial charge on any atom is 0.265 e. The van der Waals surface area contributed by atoms with Crippen LogP contribution in [0.25, 0.3) is 10.8 Å². The predicted octanol–water partition coefficient (Wildman–Crippen LogP) is 4.01. The van der Waals surface area contributed by atoms with E-state index in [-0.39, 0.29) is 24.9 Å². The molecule has 0 bridgehead atoms. The topological polar surface area (TPSA) is 75.7 Å². The lowest BCUT2D eigenvalue weighted by atomic mass is 10.1. The summed E-state index contributed by atoms with van der Waals surface area (Å²) in [5.41, 5.74) is 1.67. The van der Waals surface area contributed by atoms with Crippen molar-refractivity contribution in [1.29, 1.82) is 0 Å². The maximum atomic E-state index is 13.0.